The van der Waals surface area contributed by atoms with E-state index in [1.807, 2.05) is 0 Å². The van der Waals surface area contributed by atoms with E-state index in [4.69, 9.17) is 26.8 Å². The van der Waals surface area contributed by atoms with Crippen LogP contribution in [0.1, 0.15) is 13.3 Å². The molecule has 1 fully saturated rings. The van der Waals surface area contributed by atoms with E-state index < -0.39 is 0 Å². The number of hydrogen-bond donors (Lipinski definition) is 2. The number of rotatable bonds is 5. The summed E-state index contributed by atoms with van der Waals surface area (Å²) in [6, 6.07) is 0.250. The average molecular weight is 262 g/mol. The number of aliphatic hydroxyl groups excluding tert-OH is 1. The highest BCUT2D eigenvalue weighted by Crippen LogP contribution is 2.11. The van der Waals surface area contributed by atoms with Crippen LogP contribution in [0.5, 0.6) is 0 Å². The van der Waals surface area contributed by atoms with Gasteiger partial charge in [0.05, 0.1) is 25.4 Å². The first-order valence-corrected chi connectivity index (χ1v) is 6.35. The van der Waals surface area contributed by atoms with E-state index in [0.717, 1.165) is 24.7 Å². The molecule has 0 spiro atoms. The number of thiocarbonyl (C=S) groups is 1. The molecule has 17 heavy (non-hydrogen) atoms. The van der Waals surface area contributed by atoms with Crippen molar-refractivity contribution >= 4 is 17.3 Å². The Hall–Kier alpha value is -0.430. The molecule has 6 heteroatoms. The van der Waals surface area contributed by atoms with Crippen LogP contribution in [0.3, 0.4) is 0 Å². The van der Waals surface area contributed by atoms with Crippen LogP contribution in [-0.2, 0) is 9.47 Å². The van der Waals surface area contributed by atoms with Gasteiger partial charge in [0.2, 0.25) is 0 Å². The summed E-state index contributed by atoms with van der Waals surface area (Å²) in [5.74, 6) is 0. The second-order valence-electron chi connectivity index (χ2n) is 4.22. The normalized spacial score (nSPS) is 24.8. The zero-order valence-corrected chi connectivity index (χ0v) is 11.3. The monoisotopic (exact) mass is 262 g/mol. The summed E-state index contributed by atoms with van der Waals surface area (Å²) in [4.78, 5) is 2.08. The minimum absolute atomic E-state index is 0.0372. The van der Waals surface area contributed by atoms with E-state index >= 15 is 0 Å². The third-order valence-electron chi connectivity index (χ3n) is 2.77. The first kappa shape index (κ1) is 14.6. The number of nitrogens with one attached hydrogen (secondary N) is 1. The maximum atomic E-state index is 9.09. The van der Waals surface area contributed by atoms with Gasteiger partial charge in [0, 0.05) is 26.8 Å². The van der Waals surface area contributed by atoms with Crippen molar-refractivity contribution in [3.05, 3.63) is 0 Å². The molecular formula is C11H22N2O3S. The molecule has 0 aliphatic carbocycles. The van der Waals surface area contributed by atoms with Crippen molar-refractivity contribution in [2.75, 3.05) is 40.0 Å². The van der Waals surface area contributed by atoms with Gasteiger partial charge in [0.15, 0.2) is 5.11 Å². The molecular weight excluding hydrogens is 240 g/mol. The first-order valence-electron chi connectivity index (χ1n) is 5.95. The molecule has 0 radical (unpaired) electrons. The SMILES string of the molecule is COCCCNC(=S)N1CC(CO)OCC1C. The smallest absolute Gasteiger partial charge is 0.169 e. The number of nitrogens with zero attached hydrogens (tertiary/aromatic N) is 1. The second-order valence-corrected chi connectivity index (χ2v) is 4.60. The van der Waals surface area contributed by atoms with Crippen LogP contribution in [0, 0.1) is 0 Å². The predicted octanol–water partition coefficient (Wildman–Crippen LogP) is -0.0210. The van der Waals surface area contributed by atoms with Crippen molar-refractivity contribution < 1.29 is 14.6 Å². The Morgan fingerprint density at radius 3 is 3.06 bits per heavy atom. The molecule has 1 saturated heterocycles. The number of ether oxygens (including phenoxy) is 2. The minimum atomic E-state index is -0.134. The van der Waals surface area contributed by atoms with Crippen LogP contribution in [0.2, 0.25) is 0 Å². The average Bonchev–Trinajstić information content (AvgIpc) is 2.35. The second kappa shape index (κ2) is 7.81. The van der Waals surface area contributed by atoms with Crippen molar-refractivity contribution in [2.24, 2.45) is 0 Å². The fraction of sp³-hybridized carbons (Fsp3) is 0.909. The van der Waals surface area contributed by atoms with Crippen molar-refractivity contribution in [3.8, 4) is 0 Å². The number of hydrogen-bond acceptors (Lipinski definition) is 4. The molecule has 100 valence electrons. The summed E-state index contributed by atoms with van der Waals surface area (Å²) < 4.78 is 10.4. The summed E-state index contributed by atoms with van der Waals surface area (Å²) in [6.45, 7) is 4.89. The molecule has 2 unspecified atom stereocenters. The van der Waals surface area contributed by atoms with Crippen molar-refractivity contribution in [1.29, 1.82) is 0 Å². The van der Waals surface area contributed by atoms with E-state index in [1.165, 1.54) is 0 Å². The maximum absolute atomic E-state index is 9.09. The summed E-state index contributed by atoms with van der Waals surface area (Å²) in [7, 11) is 1.69. The fourth-order valence-electron chi connectivity index (χ4n) is 1.72. The number of aliphatic hydroxyl groups is 1. The summed E-state index contributed by atoms with van der Waals surface area (Å²) in [5, 5.41) is 13.0. The molecule has 5 nitrogen and oxygen atoms in total. The van der Waals surface area contributed by atoms with Gasteiger partial charge in [-0.1, -0.05) is 0 Å². The molecule has 1 aliphatic heterocycles. The third-order valence-corrected chi connectivity index (χ3v) is 3.15. The molecule has 1 heterocycles. The highest BCUT2D eigenvalue weighted by Gasteiger charge is 2.26. The Balaban J connectivity index is 2.32. The van der Waals surface area contributed by atoms with Gasteiger partial charge in [0.1, 0.15) is 0 Å². The summed E-state index contributed by atoms with van der Waals surface area (Å²) in [5.41, 5.74) is 0. The number of morpholine rings is 1. The fourth-order valence-corrected chi connectivity index (χ4v) is 2.08. The van der Waals surface area contributed by atoms with E-state index in [0.29, 0.717) is 13.2 Å². The lowest BCUT2D eigenvalue weighted by molar-refractivity contribution is -0.0561. The lowest BCUT2D eigenvalue weighted by Gasteiger charge is -2.39. The van der Waals surface area contributed by atoms with Crippen molar-refractivity contribution in [2.45, 2.75) is 25.5 Å². The molecule has 1 aliphatic rings. The van der Waals surface area contributed by atoms with Gasteiger partial charge in [-0.3, -0.25) is 0 Å². The zero-order valence-electron chi connectivity index (χ0n) is 10.5. The van der Waals surface area contributed by atoms with Gasteiger partial charge in [-0.2, -0.15) is 0 Å². The molecule has 2 N–H and O–H groups in total. The minimum Gasteiger partial charge on any atom is -0.394 e. The number of methoxy groups -OCH3 is 1. The lowest BCUT2D eigenvalue weighted by Crippen LogP contribution is -2.55. The Kier molecular flexibility index (Phi) is 6.72. The van der Waals surface area contributed by atoms with Crippen LogP contribution >= 0.6 is 12.2 Å². The highest BCUT2D eigenvalue weighted by atomic mass is 32.1. The molecule has 0 saturated carbocycles. The zero-order chi connectivity index (χ0) is 12.7. The first-order chi connectivity index (χ1) is 8.19. The summed E-state index contributed by atoms with van der Waals surface area (Å²) >= 11 is 5.34. The highest BCUT2D eigenvalue weighted by molar-refractivity contribution is 7.80. The van der Waals surface area contributed by atoms with Gasteiger partial charge in [-0.15, -0.1) is 0 Å². The Bertz CT molecular complexity index is 241. The van der Waals surface area contributed by atoms with E-state index in [1.54, 1.807) is 7.11 Å². The largest absolute Gasteiger partial charge is 0.394 e. The molecule has 0 aromatic rings. The molecule has 0 aromatic heterocycles. The maximum Gasteiger partial charge on any atom is 0.169 e. The Labute approximate surface area is 108 Å². The lowest BCUT2D eigenvalue weighted by atomic mass is 10.2. The van der Waals surface area contributed by atoms with Crippen LogP contribution in [-0.4, -0.2) is 67.3 Å². The van der Waals surface area contributed by atoms with E-state index in [-0.39, 0.29) is 18.8 Å². The predicted molar refractivity (Wildman–Crippen MR) is 70.1 cm³/mol. The summed E-state index contributed by atoms with van der Waals surface area (Å²) in [6.07, 6.45) is 0.795. The van der Waals surface area contributed by atoms with Gasteiger partial charge in [-0.25, -0.2) is 0 Å². The molecule has 1 rings (SSSR count). The molecule has 0 bridgehead atoms. The molecule has 0 amide bonds. The van der Waals surface area contributed by atoms with E-state index in [9.17, 15) is 0 Å². The Morgan fingerprint density at radius 1 is 1.65 bits per heavy atom. The van der Waals surface area contributed by atoms with Crippen LogP contribution in [0.15, 0.2) is 0 Å². The van der Waals surface area contributed by atoms with Gasteiger partial charge < -0.3 is 24.8 Å². The molecule has 0 aromatic carbocycles. The van der Waals surface area contributed by atoms with Crippen LogP contribution < -0.4 is 5.32 Å². The van der Waals surface area contributed by atoms with Crippen molar-refractivity contribution in [1.82, 2.24) is 10.2 Å². The van der Waals surface area contributed by atoms with Gasteiger partial charge in [0.25, 0.3) is 0 Å². The Morgan fingerprint density at radius 2 is 2.41 bits per heavy atom. The molecule has 2 atom stereocenters. The standard InChI is InChI=1S/C11H22N2O3S/c1-9-8-16-10(7-14)6-13(9)11(17)12-4-3-5-15-2/h9-10,14H,3-8H2,1-2H3,(H,12,17). The third kappa shape index (κ3) is 4.75. The van der Waals surface area contributed by atoms with E-state index in [2.05, 4.69) is 17.1 Å². The van der Waals surface area contributed by atoms with Gasteiger partial charge in [-0.05, 0) is 25.6 Å². The van der Waals surface area contributed by atoms with Crippen molar-refractivity contribution in [3.63, 3.8) is 0 Å². The topological polar surface area (TPSA) is 54.0 Å². The van der Waals surface area contributed by atoms with Gasteiger partial charge >= 0.3 is 0 Å². The van der Waals surface area contributed by atoms with Crippen LogP contribution in [0.4, 0.5) is 0 Å². The quantitative estimate of drug-likeness (QED) is 0.536. The van der Waals surface area contributed by atoms with Crippen LogP contribution in [0.25, 0.3) is 0 Å².